The van der Waals surface area contributed by atoms with Crippen LogP contribution in [0.1, 0.15) is 47.4 Å². The third-order valence-corrected chi connectivity index (χ3v) is 5.89. The van der Waals surface area contributed by atoms with E-state index in [1.807, 2.05) is 4.90 Å². The Bertz CT molecular complexity index is 845. The molecular weight excluding hydrogens is 491 g/mol. The zero-order valence-electron chi connectivity index (χ0n) is 17.5. The molecule has 30 heavy (non-hydrogen) atoms. The second-order valence-electron chi connectivity index (χ2n) is 7.74. The van der Waals surface area contributed by atoms with Gasteiger partial charge in [-0.15, -0.1) is 24.0 Å². The molecule has 1 aromatic heterocycles. The Kier molecular flexibility index (Phi) is 8.18. The number of carbonyl (C=O) groups is 1. The Labute approximate surface area is 195 Å². The number of nitrogens with one attached hydrogen (secondary N) is 1. The quantitative estimate of drug-likeness (QED) is 0.378. The van der Waals surface area contributed by atoms with Gasteiger partial charge in [-0.1, -0.05) is 24.3 Å². The summed E-state index contributed by atoms with van der Waals surface area (Å²) in [6, 6.07) is 12.3. The molecule has 1 aromatic carbocycles. The van der Waals surface area contributed by atoms with Gasteiger partial charge in [0.05, 0.1) is 6.26 Å². The summed E-state index contributed by atoms with van der Waals surface area (Å²) in [6.07, 6.45) is 5.16. The minimum absolute atomic E-state index is 0. The average molecular weight is 522 g/mol. The zero-order chi connectivity index (χ0) is 20.1. The number of hydrogen-bond donors (Lipinski definition) is 1. The van der Waals surface area contributed by atoms with Crippen LogP contribution in [0, 0.1) is 0 Å². The van der Waals surface area contributed by atoms with Crippen LogP contribution >= 0.6 is 24.0 Å². The van der Waals surface area contributed by atoms with E-state index in [0.717, 1.165) is 32.1 Å². The summed E-state index contributed by atoms with van der Waals surface area (Å²) >= 11 is 0. The number of benzene rings is 1. The molecule has 1 unspecified atom stereocenters. The zero-order valence-corrected chi connectivity index (χ0v) is 19.9. The van der Waals surface area contributed by atoms with Gasteiger partial charge in [0.25, 0.3) is 5.91 Å². The van der Waals surface area contributed by atoms with Crippen LogP contribution in [0.2, 0.25) is 0 Å². The van der Waals surface area contributed by atoms with Crippen molar-refractivity contribution in [3.05, 3.63) is 59.5 Å². The van der Waals surface area contributed by atoms with Gasteiger partial charge in [-0.05, 0) is 49.4 Å². The van der Waals surface area contributed by atoms with Crippen molar-refractivity contribution in [1.82, 2.24) is 15.1 Å². The molecule has 162 valence electrons. The molecule has 1 amide bonds. The highest BCUT2D eigenvalue weighted by molar-refractivity contribution is 14.0. The minimum Gasteiger partial charge on any atom is -0.459 e. The van der Waals surface area contributed by atoms with Crippen LogP contribution in [0.3, 0.4) is 0 Å². The van der Waals surface area contributed by atoms with Gasteiger partial charge in [0.1, 0.15) is 0 Å². The lowest BCUT2D eigenvalue weighted by atomic mass is 9.83. The van der Waals surface area contributed by atoms with Crippen molar-refractivity contribution in [2.24, 2.45) is 4.99 Å². The standard InChI is InChI=1S/C23H30N4O2.HI/c1-2-24-23(25-17-19-9-5-8-18-7-3-4-10-20(18)19)27-14-12-26(13-15-27)22(28)21-11-6-16-29-21;/h3-4,6-7,10-11,16,19H,2,5,8-9,12-15,17H2,1H3,(H,24,25);1H. The van der Waals surface area contributed by atoms with E-state index in [1.165, 1.54) is 30.4 Å². The smallest absolute Gasteiger partial charge is 0.289 e. The van der Waals surface area contributed by atoms with Crippen LogP contribution in [0.25, 0.3) is 0 Å². The Hall–Kier alpha value is -2.03. The average Bonchev–Trinajstić information content (AvgIpc) is 3.31. The molecule has 1 saturated heterocycles. The Morgan fingerprint density at radius 2 is 1.90 bits per heavy atom. The van der Waals surface area contributed by atoms with E-state index in [-0.39, 0.29) is 29.9 Å². The number of rotatable bonds is 4. The van der Waals surface area contributed by atoms with Gasteiger partial charge >= 0.3 is 0 Å². The number of guanidine groups is 1. The number of carbonyl (C=O) groups excluding carboxylic acids is 1. The fourth-order valence-electron chi connectivity index (χ4n) is 4.34. The number of fused-ring (bicyclic) bond motifs is 1. The molecule has 2 aromatic rings. The lowest BCUT2D eigenvalue weighted by Gasteiger charge is -2.36. The SMILES string of the molecule is CCNC(=NCC1CCCc2ccccc21)N1CCN(C(=O)c2ccco2)CC1.I. The number of hydrogen-bond acceptors (Lipinski definition) is 3. The number of aryl methyl sites for hydroxylation is 1. The second kappa shape index (κ2) is 10.8. The van der Waals surface area contributed by atoms with E-state index in [2.05, 4.69) is 41.4 Å². The fraction of sp³-hybridized carbons (Fsp3) is 0.478. The van der Waals surface area contributed by atoms with Crippen molar-refractivity contribution in [2.75, 3.05) is 39.3 Å². The van der Waals surface area contributed by atoms with Crippen LogP contribution < -0.4 is 5.32 Å². The summed E-state index contributed by atoms with van der Waals surface area (Å²) < 4.78 is 5.25. The van der Waals surface area contributed by atoms with E-state index in [1.54, 1.807) is 18.4 Å². The third kappa shape index (κ3) is 5.17. The van der Waals surface area contributed by atoms with Gasteiger partial charge in [0, 0.05) is 45.2 Å². The maximum atomic E-state index is 12.5. The van der Waals surface area contributed by atoms with Crippen molar-refractivity contribution in [1.29, 1.82) is 0 Å². The van der Waals surface area contributed by atoms with Crippen molar-refractivity contribution >= 4 is 35.8 Å². The molecule has 1 aliphatic heterocycles. The molecule has 6 nitrogen and oxygen atoms in total. The monoisotopic (exact) mass is 522 g/mol. The predicted octanol–water partition coefficient (Wildman–Crippen LogP) is 3.74. The van der Waals surface area contributed by atoms with Crippen LogP contribution in [0.15, 0.2) is 52.1 Å². The van der Waals surface area contributed by atoms with Crippen molar-refractivity contribution in [2.45, 2.75) is 32.1 Å². The number of nitrogens with zero attached hydrogens (tertiary/aromatic N) is 3. The van der Waals surface area contributed by atoms with E-state index in [4.69, 9.17) is 9.41 Å². The summed E-state index contributed by atoms with van der Waals surface area (Å²) in [4.78, 5) is 21.6. The fourth-order valence-corrected chi connectivity index (χ4v) is 4.34. The molecule has 1 atom stereocenters. The molecule has 0 bridgehead atoms. The first-order valence-corrected chi connectivity index (χ1v) is 10.7. The van der Waals surface area contributed by atoms with E-state index < -0.39 is 0 Å². The highest BCUT2D eigenvalue weighted by atomic mass is 127. The molecule has 4 rings (SSSR count). The van der Waals surface area contributed by atoms with Gasteiger partial charge in [-0.25, -0.2) is 0 Å². The second-order valence-corrected chi connectivity index (χ2v) is 7.74. The molecule has 1 N–H and O–H groups in total. The molecular formula is C23H31IN4O2. The maximum absolute atomic E-state index is 12.5. The van der Waals surface area contributed by atoms with Crippen molar-refractivity contribution in [3.8, 4) is 0 Å². The molecule has 7 heteroatoms. The Morgan fingerprint density at radius 3 is 2.63 bits per heavy atom. The van der Waals surface area contributed by atoms with Gasteiger partial charge in [0.15, 0.2) is 11.7 Å². The Morgan fingerprint density at radius 1 is 1.13 bits per heavy atom. The first-order valence-electron chi connectivity index (χ1n) is 10.7. The topological polar surface area (TPSA) is 61.1 Å². The van der Waals surface area contributed by atoms with Gasteiger partial charge in [-0.3, -0.25) is 9.79 Å². The summed E-state index contributed by atoms with van der Waals surface area (Å²) in [5, 5.41) is 3.44. The van der Waals surface area contributed by atoms with E-state index in [9.17, 15) is 4.79 Å². The number of halogens is 1. The van der Waals surface area contributed by atoms with Crippen LogP contribution in [0.5, 0.6) is 0 Å². The highest BCUT2D eigenvalue weighted by Crippen LogP contribution is 2.31. The third-order valence-electron chi connectivity index (χ3n) is 5.89. The van der Waals surface area contributed by atoms with Gasteiger partial charge < -0.3 is 19.5 Å². The molecule has 0 radical (unpaired) electrons. The lowest BCUT2D eigenvalue weighted by Crippen LogP contribution is -2.53. The molecule has 0 saturated carbocycles. The largest absolute Gasteiger partial charge is 0.459 e. The van der Waals surface area contributed by atoms with Crippen LogP contribution in [0.4, 0.5) is 0 Å². The molecule has 1 aliphatic carbocycles. The Balaban J connectivity index is 0.00000256. The predicted molar refractivity (Wildman–Crippen MR) is 130 cm³/mol. The summed E-state index contributed by atoms with van der Waals surface area (Å²) in [6.45, 7) is 6.66. The van der Waals surface area contributed by atoms with Crippen LogP contribution in [-0.2, 0) is 6.42 Å². The summed E-state index contributed by atoms with van der Waals surface area (Å²) in [5.74, 6) is 1.83. The number of furan rings is 1. The normalized spacial score (nSPS) is 19.1. The number of piperazine rings is 1. The van der Waals surface area contributed by atoms with Gasteiger partial charge in [-0.2, -0.15) is 0 Å². The summed E-state index contributed by atoms with van der Waals surface area (Å²) in [7, 11) is 0. The van der Waals surface area contributed by atoms with E-state index >= 15 is 0 Å². The highest BCUT2D eigenvalue weighted by Gasteiger charge is 2.26. The maximum Gasteiger partial charge on any atom is 0.289 e. The van der Waals surface area contributed by atoms with Gasteiger partial charge in [0.2, 0.25) is 0 Å². The molecule has 2 aliphatic rings. The molecule has 1 fully saturated rings. The first kappa shape index (κ1) is 22.7. The minimum atomic E-state index is -0.0320. The molecule has 0 spiro atoms. The van der Waals surface area contributed by atoms with Crippen molar-refractivity contribution in [3.63, 3.8) is 0 Å². The summed E-state index contributed by atoms with van der Waals surface area (Å²) in [5.41, 5.74) is 2.95. The first-order chi connectivity index (χ1) is 14.3. The van der Waals surface area contributed by atoms with E-state index in [0.29, 0.717) is 24.8 Å². The lowest BCUT2D eigenvalue weighted by molar-refractivity contribution is 0.0657. The molecule has 2 heterocycles. The number of amides is 1. The van der Waals surface area contributed by atoms with Crippen molar-refractivity contribution < 1.29 is 9.21 Å². The number of aliphatic imine (C=N–C) groups is 1. The van der Waals surface area contributed by atoms with Crippen LogP contribution in [-0.4, -0.2) is 60.9 Å².